The Hall–Kier alpha value is -2.32. The molecular formula is C24H33N5O2S. The third-order valence-electron chi connectivity index (χ3n) is 6.24. The number of benzene rings is 1. The summed E-state index contributed by atoms with van der Waals surface area (Å²) in [6, 6.07) is 8.07. The maximum atomic E-state index is 12.9. The number of hydrogen-bond donors (Lipinski definition) is 1. The normalized spacial score (nSPS) is 16.2. The van der Waals surface area contributed by atoms with Crippen LogP contribution in [-0.2, 0) is 24.1 Å². The highest BCUT2D eigenvalue weighted by atomic mass is 32.2. The number of aromatic nitrogens is 2. The number of unbranched alkanes of at least 4 members (excludes halogenated alkanes) is 1. The van der Waals surface area contributed by atoms with Crippen LogP contribution in [0.2, 0.25) is 0 Å². The van der Waals surface area contributed by atoms with Crippen molar-refractivity contribution >= 4 is 23.4 Å². The van der Waals surface area contributed by atoms with E-state index in [4.69, 9.17) is 0 Å². The molecule has 1 fully saturated rings. The van der Waals surface area contributed by atoms with Gasteiger partial charge in [-0.2, -0.15) is 4.98 Å². The summed E-state index contributed by atoms with van der Waals surface area (Å²) < 4.78 is 1.81. The van der Waals surface area contributed by atoms with Gasteiger partial charge in [-0.3, -0.25) is 4.79 Å². The molecular weight excluding hydrogens is 422 g/mol. The molecule has 1 aliphatic carbocycles. The van der Waals surface area contributed by atoms with E-state index in [-0.39, 0.29) is 17.3 Å². The van der Waals surface area contributed by atoms with Crippen molar-refractivity contribution in [1.29, 1.82) is 0 Å². The molecule has 1 amide bonds. The van der Waals surface area contributed by atoms with Gasteiger partial charge in [-0.15, -0.1) is 0 Å². The predicted octanol–water partition coefficient (Wildman–Crippen LogP) is 2.69. The molecule has 4 rings (SSSR count). The van der Waals surface area contributed by atoms with Crippen LogP contribution in [0.25, 0.3) is 0 Å². The van der Waals surface area contributed by atoms with Gasteiger partial charge in [-0.05, 0) is 56.8 Å². The largest absolute Gasteiger partial charge is 0.367 e. The standard InChI is InChI=1S/C24H33N5O2S/c1-3-4-6-18-9-11-19(12-10-18)25-22(30)17-32-23-20-7-5-8-21(20)29(24(31)26-23)28-15-13-27(2)14-16-28/h9-12H,3-8,13-17H2,1-2H3,(H,25,30). The number of nitrogens with zero attached hydrogens (tertiary/aromatic N) is 4. The second-order valence-corrected chi connectivity index (χ2v) is 9.65. The molecule has 1 aliphatic heterocycles. The maximum Gasteiger partial charge on any atom is 0.367 e. The number of fused-ring (bicyclic) bond motifs is 1. The molecule has 8 heteroatoms. The Bertz CT molecular complexity index is 997. The number of carbonyl (C=O) groups is 1. The van der Waals surface area contributed by atoms with Crippen LogP contribution in [0.15, 0.2) is 34.1 Å². The summed E-state index contributed by atoms with van der Waals surface area (Å²) in [5.74, 6) is 0.169. The molecule has 172 valence electrons. The molecule has 0 unspecified atom stereocenters. The van der Waals surface area contributed by atoms with Crippen LogP contribution in [0.5, 0.6) is 0 Å². The molecule has 0 radical (unpaired) electrons. The van der Waals surface area contributed by atoms with Crippen molar-refractivity contribution in [3.8, 4) is 0 Å². The van der Waals surface area contributed by atoms with Crippen LogP contribution >= 0.6 is 11.8 Å². The van der Waals surface area contributed by atoms with Crippen LogP contribution in [-0.4, -0.2) is 59.4 Å². The number of likely N-dealkylation sites (N-methyl/N-ethyl adjacent to an activating group) is 1. The maximum absolute atomic E-state index is 12.9. The second-order valence-electron chi connectivity index (χ2n) is 8.68. The average Bonchev–Trinajstić information content (AvgIpc) is 3.28. The summed E-state index contributed by atoms with van der Waals surface area (Å²) in [5, 5.41) is 5.81. The zero-order valence-corrected chi connectivity index (χ0v) is 19.9. The number of hydrogen-bond acceptors (Lipinski definition) is 6. The Balaban J connectivity index is 1.40. The smallest absolute Gasteiger partial charge is 0.325 e. The molecule has 0 bridgehead atoms. The van der Waals surface area contributed by atoms with E-state index in [2.05, 4.69) is 46.3 Å². The molecule has 32 heavy (non-hydrogen) atoms. The Labute approximate surface area is 194 Å². The highest BCUT2D eigenvalue weighted by Gasteiger charge is 2.26. The Morgan fingerprint density at radius 2 is 1.88 bits per heavy atom. The van der Waals surface area contributed by atoms with Gasteiger partial charge in [0.15, 0.2) is 0 Å². The first-order valence-electron chi connectivity index (χ1n) is 11.7. The lowest BCUT2D eigenvalue weighted by Gasteiger charge is -2.35. The second kappa shape index (κ2) is 10.5. The Kier molecular flexibility index (Phi) is 7.52. The minimum absolute atomic E-state index is 0.0758. The lowest BCUT2D eigenvalue weighted by atomic mass is 10.1. The topological polar surface area (TPSA) is 70.5 Å². The van der Waals surface area contributed by atoms with E-state index in [1.54, 1.807) is 4.68 Å². The van der Waals surface area contributed by atoms with Gasteiger partial charge in [0.25, 0.3) is 0 Å². The highest BCUT2D eigenvalue weighted by molar-refractivity contribution is 8.00. The summed E-state index contributed by atoms with van der Waals surface area (Å²) in [6.07, 6.45) is 6.25. The van der Waals surface area contributed by atoms with Crippen LogP contribution in [0.1, 0.15) is 43.0 Å². The van der Waals surface area contributed by atoms with Crippen molar-refractivity contribution in [2.24, 2.45) is 0 Å². The van der Waals surface area contributed by atoms with Gasteiger partial charge in [-0.25, -0.2) is 9.47 Å². The van der Waals surface area contributed by atoms with Crippen molar-refractivity contribution in [2.45, 2.75) is 50.5 Å². The number of carbonyl (C=O) groups excluding carboxylic acids is 1. The molecule has 2 heterocycles. The van der Waals surface area contributed by atoms with Crippen LogP contribution in [0, 0.1) is 0 Å². The zero-order valence-electron chi connectivity index (χ0n) is 19.1. The number of rotatable bonds is 8. The third-order valence-corrected chi connectivity index (χ3v) is 7.26. The lowest BCUT2D eigenvalue weighted by molar-refractivity contribution is -0.113. The van der Waals surface area contributed by atoms with Crippen molar-refractivity contribution in [1.82, 2.24) is 14.6 Å². The number of nitrogens with one attached hydrogen (secondary N) is 1. The lowest BCUT2D eigenvalue weighted by Crippen LogP contribution is -2.54. The SMILES string of the molecule is CCCCc1ccc(NC(=O)CSc2nc(=O)n(N3CCN(C)CC3)c3c2CCC3)cc1. The monoisotopic (exact) mass is 455 g/mol. The molecule has 2 aliphatic rings. The molecule has 1 N–H and O–H groups in total. The number of aryl methyl sites for hydroxylation is 1. The molecule has 1 aromatic carbocycles. The molecule has 0 spiro atoms. The first kappa shape index (κ1) is 22.9. The molecule has 2 aromatic rings. The third kappa shape index (κ3) is 5.35. The quantitative estimate of drug-likeness (QED) is 0.488. The summed E-state index contributed by atoms with van der Waals surface area (Å²) in [4.78, 5) is 32.1. The summed E-state index contributed by atoms with van der Waals surface area (Å²) in [7, 11) is 2.11. The fourth-order valence-corrected chi connectivity index (χ4v) is 5.26. The van der Waals surface area contributed by atoms with Gasteiger partial charge in [-0.1, -0.05) is 37.2 Å². The Morgan fingerprint density at radius 1 is 1.12 bits per heavy atom. The zero-order chi connectivity index (χ0) is 22.5. The van der Waals surface area contributed by atoms with Crippen LogP contribution in [0.3, 0.4) is 0 Å². The van der Waals surface area contributed by atoms with Crippen molar-refractivity contribution in [2.75, 3.05) is 49.3 Å². The number of anilines is 1. The summed E-state index contributed by atoms with van der Waals surface area (Å²) in [5.41, 5.74) is 4.10. The fraction of sp³-hybridized carbons (Fsp3) is 0.542. The van der Waals surface area contributed by atoms with E-state index in [1.807, 2.05) is 12.1 Å². The van der Waals surface area contributed by atoms with Crippen LogP contribution < -0.4 is 16.0 Å². The number of thioether (sulfide) groups is 1. The van der Waals surface area contributed by atoms with Crippen molar-refractivity contribution in [3.63, 3.8) is 0 Å². The average molecular weight is 456 g/mol. The minimum atomic E-state index is -0.222. The van der Waals surface area contributed by atoms with E-state index in [9.17, 15) is 9.59 Å². The van der Waals surface area contributed by atoms with E-state index in [0.29, 0.717) is 0 Å². The molecule has 1 aromatic heterocycles. The van der Waals surface area contributed by atoms with Gasteiger partial charge in [0.1, 0.15) is 5.03 Å². The predicted molar refractivity (Wildman–Crippen MR) is 130 cm³/mol. The van der Waals surface area contributed by atoms with E-state index in [0.717, 1.165) is 73.8 Å². The first-order valence-corrected chi connectivity index (χ1v) is 12.6. The van der Waals surface area contributed by atoms with Crippen LogP contribution in [0.4, 0.5) is 5.69 Å². The summed E-state index contributed by atoms with van der Waals surface area (Å²) in [6.45, 7) is 5.73. The fourth-order valence-electron chi connectivity index (χ4n) is 4.38. The van der Waals surface area contributed by atoms with E-state index >= 15 is 0 Å². The number of piperazine rings is 1. The van der Waals surface area contributed by atoms with Gasteiger partial charge in [0.2, 0.25) is 5.91 Å². The molecule has 0 atom stereocenters. The Morgan fingerprint density at radius 3 is 2.59 bits per heavy atom. The van der Waals surface area contributed by atoms with Gasteiger partial charge in [0.05, 0.1) is 11.4 Å². The first-order chi connectivity index (χ1) is 15.5. The van der Waals surface area contributed by atoms with Gasteiger partial charge < -0.3 is 15.2 Å². The van der Waals surface area contributed by atoms with Gasteiger partial charge in [0, 0.05) is 37.4 Å². The molecule has 1 saturated heterocycles. The molecule has 0 saturated carbocycles. The van der Waals surface area contributed by atoms with Crippen molar-refractivity contribution in [3.05, 3.63) is 51.6 Å². The molecule has 7 nitrogen and oxygen atoms in total. The number of amides is 1. The van der Waals surface area contributed by atoms with E-state index < -0.39 is 0 Å². The van der Waals surface area contributed by atoms with E-state index in [1.165, 1.54) is 30.2 Å². The van der Waals surface area contributed by atoms with Crippen molar-refractivity contribution < 1.29 is 4.79 Å². The minimum Gasteiger partial charge on any atom is -0.325 e. The summed E-state index contributed by atoms with van der Waals surface area (Å²) >= 11 is 1.37. The highest BCUT2D eigenvalue weighted by Crippen LogP contribution is 2.29. The van der Waals surface area contributed by atoms with Gasteiger partial charge >= 0.3 is 5.69 Å².